The van der Waals surface area contributed by atoms with Gasteiger partial charge in [-0.2, -0.15) is 0 Å². The molecule has 1 aliphatic heterocycles. The minimum Gasteiger partial charge on any atom is -0.392 e. The molecule has 6 nitrogen and oxygen atoms in total. The van der Waals surface area contributed by atoms with Crippen molar-refractivity contribution in [1.29, 1.82) is 0 Å². The monoisotopic (exact) mass is 266 g/mol. The van der Waals surface area contributed by atoms with Gasteiger partial charge in [-0.25, -0.2) is 0 Å². The van der Waals surface area contributed by atoms with E-state index in [2.05, 4.69) is 10.6 Å². The Morgan fingerprint density at radius 3 is 1.50 bits per heavy atom. The summed E-state index contributed by atoms with van der Waals surface area (Å²) in [6.45, 7) is -0.997. The number of hydrogen-bond acceptors (Lipinski definition) is 6. The minimum atomic E-state index is -1.36. The Labute approximate surface area is 102 Å². The van der Waals surface area contributed by atoms with Crippen LogP contribution in [0.5, 0.6) is 0 Å². The van der Waals surface area contributed by atoms with E-state index in [9.17, 15) is 19.8 Å². The summed E-state index contributed by atoms with van der Waals surface area (Å²) < 4.78 is 0. The zero-order valence-corrected chi connectivity index (χ0v) is 10.6. The van der Waals surface area contributed by atoms with Crippen molar-refractivity contribution >= 4 is 35.3 Å². The second kappa shape index (κ2) is 4.82. The fourth-order valence-corrected chi connectivity index (χ4v) is 2.44. The molecule has 2 atom stereocenters. The minimum absolute atomic E-state index is 0.498. The highest BCUT2D eigenvalue weighted by Gasteiger charge is 2.53. The summed E-state index contributed by atoms with van der Waals surface area (Å²) >= 11 is 2.08. The van der Waals surface area contributed by atoms with Gasteiger partial charge in [-0.05, 0) is 12.5 Å². The third-order valence-electron chi connectivity index (χ3n) is 2.51. The fourth-order valence-electron chi connectivity index (χ4n) is 1.32. The second-order valence-corrected chi connectivity index (χ2v) is 5.50. The van der Waals surface area contributed by atoms with Crippen molar-refractivity contribution in [2.45, 2.75) is 9.74 Å². The molecule has 0 spiro atoms. The van der Waals surface area contributed by atoms with Crippen molar-refractivity contribution in [3.63, 3.8) is 0 Å². The highest BCUT2D eigenvalue weighted by Crippen LogP contribution is 2.30. The first-order valence-electron chi connectivity index (χ1n) is 4.47. The van der Waals surface area contributed by atoms with E-state index in [1.165, 1.54) is 0 Å². The van der Waals surface area contributed by atoms with Crippen LogP contribution in [-0.4, -0.2) is 57.5 Å². The van der Waals surface area contributed by atoms with E-state index >= 15 is 0 Å². The van der Waals surface area contributed by atoms with Gasteiger partial charge in [0.25, 0.3) is 11.8 Å². The van der Waals surface area contributed by atoms with Crippen LogP contribution in [0.3, 0.4) is 0 Å². The first-order valence-corrected chi connectivity index (χ1v) is 6.92. The van der Waals surface area contributed by atoms with E-state index < -0.39 is 34.8 Å². The first-order chi connectivity index (χ1) is 7.50. The summed E-state index contributed by atoms with van der Waals surface area (Å²) in [5.74, 6) is -1.02. The van der Waals surface area contributed by atoms with Crippen LogP contribution in [0.1, 0.15) is 0 Å². The summed E-state index contributed by atoms with van der Waals surface area (Å²) in [6.07, 6.45) is 3.22. The lowest BCUT2D eigenvalue weighted by atomic mass is 10.1. The molecule has 0 saturated carbocycles. The Morgan fingerprint density at radius 1 is 1.00 bits per heavy atom. The number of nitrogens with one attached hydrogen (secondary N) is 2. The molecule has 1 rings (SSSR count). The number of amides is 2. The Kier molecular flexibility index (Phi) is 4.11. The van der Waals surface area contributed by atoms with Gasteiger partial charge in [0.1, 0.15) is 0 Å². The summed E-state index contributed by atoms with van der Waals surface area (Å²) in [5, 5.41) is 23.3. The molecule has 0 aromatic carbocycles. The Morgan fingerprint density at radius 2 is 1.31 bits per heavy atom. The number of aliphatic hydroxyl groups excluding tert-OH is 2. The Hall–Kier alpha value is -0.440. The molecule has 1 fully saturated rings. The van der Waals surface area contributed by atoms with E-state index in [1.54, 1.807) is 12.5 Å². The van der Waals surface area contributed by atoms with Crippen LogP contribution in [0.15, 0.2) is 0 Å². The van der Waals surface area contributed by atoms with E-state index in [-0.39, 0.29) is 0 Å². The normalized spacial score (nSPS) is 34.5. The highest BCUT2D eigenvalue weighted by molar-refractivity contribution is 8.01. The van der Waals surface area contributed by atoms with Crippen molar-refractivity contribution in [3.8, 4) is 0 Å². The maximum atomic E-state index is 11.8. The summed E-state index contributed by atoms with van der Waals surface area (Å²) in [4.78, 5) is 20.9. The van der Waals surface area contributed by atoms with Crippen LogP contribution in [-0.2, 0) is 9.59 Å². The molecule has 16 heavy (non-hydrogen) atoms. The molecule has 0 aromatic rings. The largest absolute Gasteiger partial charge is 0.392 e. The zero-order valence-electron chi connectivity index (χ0n) is 8.94. The van der Waals surface area contributed by atoms with Crippen molar-refractivity contribution in [1.82, 2.24) is 10.6 Å². The molecule has 0 bridgehead atoms. The third kappa shape index (κ3) is 1.90. The van der Waals surface area contributed by atoms with E-state index in [4.69, 9.17) is 0 Å². The molecule has 4 N–H and O–H groups in total. The number of hydrogen-bond donors (Lipinski definition) is 4. The average molecular weight is 266 g/mol. The van der Waals surface area contributed by atoms with Gasteiger partial charge in [0.15, 0.2) is 9.74 Å². The molecule has 1 heterocycles. The van der Waals surface area contributed by atoms with Gasteiger partial charge < -0.3 is 20.8 Å². The summed E-state index contributed by atoms with van der Waals surface area (Å²) in [7, 11) is 0. The molecule has 0 aliphatic carbocycles. The lowest BCUT2D eigenvalue weighted by Crippen LogP contribution is -2.74. The number of piperazine rings is 1. The predicted octanol–water partition coefficient (Wildman–Crippen LogP) is -1.66. The number of carbonyl (C=O) groups is 2. The molecule has 0 unspecified atom stereocenters. The second-order valence-electron chi connectivity index (χ2n) is 3.29. The molecule has 92 valence electrons. The smallest absolute Gasteiger partial charge is 0.260 e. The van der Waals surface area contributed by atoms with Crippen LogP contribution >= 0.6 is 23.5 Å². The van der Waals surface area contributed by atoms with Gasteiger partial charge >= 0.3 is 0 Å². The average Bonchev–Trinajstić information content (AvgIpc) is 2.31. The lowest BCUT2D eigenvalue weighted by molar-refractivity contribution is -0.141. The number of thioether (sulfide) groups is 2. The van der Waals surface area contributed by atoms with Gasteiger partial charge in [0.05, 0.1) is 13.2 Å². The van der Waals surface area contributed by atoms with Crippen LogP contribution in [0.25, 0.3) is 0 Å². The van der Waals surface area contributed by atoms with E-state index in [1.807, 2.05) is 0 Å². The maximum Gasteiger partial charge on any atom is 0.260 e. The summed E-state index contributed by atoms with van der Waals surface area (Å²) in [6, 6.07) is 0. The van der Waals surface area contributed by atoms with Gasteiger partial charge in [-0.1, -0.05) is 0 Å². The van der Waals surface area contributed by atoms with E-state index in [0.717, 1.165) is 23.5 Å². The quantitative estimate of drug-likeness (QED) is 0.486. The molecule has 0 aromatic heterocycles. The SMILES string of the molecule is CS[C@@]1(CO)NC(=O)[C@@](CO)(SC)NC1=O. The van der Waals surface area contributed by atoms with Crippen LogP contribution in [0.2, 0.25) is 0 Å². The molecular formula is C8H14N2O4S2. The zero-order chi connectivity index (χ0) is 12.4. The topological polar surface area (TPSA) is 98.7 Å². The standard InChI is InChI=1S/C8H14N2O4S2/c1-15-7(3-11)5(13)10-8(4-12,16-2)6(14)9-7/h11-12H,3-4H2,1-2H3,(H,9,14)(H,10,13)/t7-,8-/m1/s1. The molecule has 8 heteroatoms. The van der Waals surface area contributed by atoms with Crippen molar-refractivity contribution < 1.29 is 19.8 Å². The Bertz CT molecular complexity index is 272. The summed E-state index contributed by atoms with van der Waals surface area (Å²) in [5.41, 5.74) is 0. The molecular weight excluding hydrogens is 252 g/mol. The van der Waals surface area contributed by atoms with Crippen molar-refractivity contribution in [2.24, 2.45) is 0 Å². The number of aliphatic hydroxyl groups is 2. The van der Waals surface area contributed by atoms with Crippen molar-refractivity contribution in [2.75, 3.05) is 25.7 Å². The van der Waals surface area contributed by atoms with Gasteiger partial charge in [0.2, 0.25) is 0 Å². The number of carbonyl (C=O) groups excluding carboxylic acids is 2. The molecule has 1 saturated heterocycles. The molecule has 1 aliphatic rings. The lowest BCUT2D eigenvalue weighted by Gasteiger charge is -2.42. The van der Waals surface area contributed by atoms with Crippen LogP contribution < -0.4 is 10.6 Å². The predicted molar refractivity (Wildman–Crippen MR) is 62.9 cm³/mol. The third-order valence-corrected chi connectivity index (χ3v) is 4.73. The van der Waals surface area contributed by atoms with Gasteiger partial charge in [-0.3, -0.25) is 9.59 Å². The molecule has 0 radical (unpaired) electrons. The van der Waals surface area contributed by atoms with Crippen LogP contribution in [0.4, 0.5) is 0 Å². The van der Waals surface area contributed by atoms with E-state index in [0.29, 0.717) is 0 Å². The molecule has 2 amide bonds. The highest BCUT2D eigenvalue weighted by atomic mass is 32.2. The Balaban J connectivity index is 3.02. The maximum absolute atomic E-state index is 11.8. The van der Waals surface area contributed by atoms with Crippen LogP contribution in [0, 0.1) is 0 Å². The van der Waals surface area contributed by atoms with Crippen molar-refractivity contribution in [3.05, 3.63) is 0 Å². The number of rotatable bonds is 4. The first kappa shape index (κ1) is 13.6. The fraction of sp³-hybridized carbons (Fsp3) is 0.750. The van der Waals surface area contributed by atoms with Gasteiger partial charge in [0, 0.05) is 0 Å². The van der Waals surface area contributed by atoms with Gasteiger partial charge in [-0.15, -0.1) is 23.5 Å².